The molecule has 1 aromatic carbocycles. The largest absolute Gasteiger partial charge is 0.380 e. The van der Waals surface area contributed by atoms with Crippen LogP contribution in [0.4, 0.5) is 0 Å². The molecule has 0 amide bonds. The Kier molecular flexibility index (Phi) is 3.56. The molecule has 2 rings (SSSR count). The minimum Gasteiger partial charge on any atom is -0.380 e. The van der Waals surface area contributed by atoms with E-state index in [-0.39, 0.29) is 11.6 Å². The maximum absolute atomic E-state index is 11.4. The van der Waals surface area contributed by atoms with E-state index < -0.39 is 0 Å². The first-order valence-electron chi connectivity index (χ1n) is 5.74. The highest BCUT2D eigenvalue weighted by Crippen LogP contribution is 2.19. The molecule has 0 spiro atoms. The molecule has 4 N–H and O–H groups in total. The van der Waals surface area contributed by atoms with Gasteiger partial charge in [0.15, 0.2) is 11.6 Å². The number of hydrazone groups is 1. The number of benzene rings is 1. The number of Topliss-reactive ketones (excluding diaryl/α,β-unsaturated/α-hetero) is 1. The number of aromatic nitrogens is 1. The average molecular weight is 254 g/mol. The molecule has 0 radical (unpaired) electrons. The molecular weight excluding hydrogens is 240 g/mol. The van der Waals surface area contributed by atoms with Crippen LogP contribution in [0.3, 0.4) is 0 Å². The van der Waals surface area contributed by atoms with Crippen molar-refractivity contribution in [3.63, 3.8) is 0 Å². The van der Waals surface area contributed by atoms with E-state index in [0.717, 1.165) is 5.56 Å². The van der Waals surface area contributed by atoms with Gasteiger partial charge in [0.05, 0.1) is 5.69 Å². The molecule has 0 saturated heterocycles. The molecule has 96 valence electrons. The lowest BCUT2D eigenvalue weighted by Gasteiger charge is -2.05. The molecule has 0 aliphatic heterocycles. The number of ketones is 1. The van der Waals surface area contributed by atoms with Crippen LogP contribution < -0.4 is 11.6 Å². The fourth-order valence-corrected chi connectivity index (χ4v) is 1.70. The SMILES string of the molecule is CC(=O)c1cccc(-c2cccc(/C(N)=N/N)n2)c1. The summed E-state index contributed by atoms with van der Waals surface area (Å²) in [7, 11) is 0. The molecule has 0 fully saturated rings. The Balaban J connectivity index is 2.47. The van der Waals surface area contributed by atoms with Crippen LogP contribution in [0.25, 0.3) is 11.3 Å². The van der Waals surface area contributed by atoms with Crippen molar-refractivity contribution < 1.29 is 4.79 Å². The minimum atomic E-state index is 0.0149. The summed E-state index contributed by atoms with van der Waals surface area (Å²) in [5.41, 5.74) is 8.34. The van der Waals surface area contributed by atoms with Crippen molar-refractivity contribution in [2.45, 2.75) is 6.92 Å². The molecule has 0 atom stereocenters. The van der Waals surface area contributed by atoms with Crippen LogP contribution in [-0.4, -0.2) is 16.6 Å². The normalized spacial score (nSPS) is 11.3. The summed E-state index contributed by atoms with van der Waals surface area (Å²) < 4.78 is 0. The summed E-state index contributed by atoms with van der Waals surface area (Å²) >= 11 is 0. The van der Waals surface area contributed by atoms with E-state index in [0.29, 0.717) is 17.0 Å². The van der Waals surface area contributed by atoms with E-state index in [9.17, 15) is 4.79 Å². The topological polar surface area (TPSA) is 94.4 Å². The maximum Gasteiger partial charge on any atom is 0.168 e. The van der Waals surface area contributed by atoms with Crippen molar-refractivity contribution >= 4 is 11.6 Å². The lowest BCUT2D eigenvalue weighted by atomic mass is 10.1. The number of nitrogens with zero attached hydrogens (tertiary/aromatic N) is 2. The molecule has 1 aromatic heterocycles. The third-order valence-electron chi connectivity index (χ3n) is 2.72. The number of pyridine rings is 1. The third-order valence-corrected chi connectivity index (χ3v) is 2.72. The zero-order chi connectivity index (χ0) is 13.8. The van der Waals surface area contributed by atoms with Crippen molar-refractivity contribution in [2.24, 2.45) is 16.7 Å². The van der Waals surface area contributed by atoms with Crippen LogP contribution in [0.5, 0.6) is 0 Å². The standard InChI is InChI=1S/C14H14N4O/c1-9(19)10-4-2-5-11(8-10)12-6-3-7-13(17-12)14(15)18-16/h2-8H,16H2,1H3,(H2,15,18). The summed E-state index contributed by atoms with van der Waals surface area (Å²) in [6.45, 7) is 1.53. The van der Waals surface area contributed by atoms with Gasteiger partial charge in [-0.05, 0) is 25.1 Å². The van der Waals surface area contributed by atoms with Crippen LogP contribution >= 0.6 is 0 Å². The van der Waals surface area contributed by atoms with Crippen molar-refractivity contribution in [3.8, 4) is 11.3 Å². The van der Waals surface area contributed by atoms with Gasteiger partial charge in [-0.3, -0.25) is 4.79 Å². The van der Waals surface area contributed by atoms with Gasteiger partial charge in [0.2, 0.25) is 0 Å². The van der Waals surface area contributed by atoms with E-state index in [1.807, 2.05) is 24.3 Å². The maximum atomic E-state index is 11.4. The first kappa shape index (κ1) is 12.8. The fraction of sp³-hybridized carbons (Fsp3) is 0.0714. The van der Waals surface area contributed by atoms with Crippen LogP contribution in [-0.2, 0) is 0 Å². The van der Waals surface area contributed by atoms with Gasteiger partial charge in [0.25, 0.3) is 0 Å². The molecule has 5 nitrogen and oxygen atoms in total. The summed E-state index contributed by atoms with van der Waals surface area (Å²) in [5, 5.41) is 3.42. The Labute approximate surface area is 111 Å². The molecule has 0 aliphatic carbocycles. The van der Waals surface area contributed by atoms with Crippen molar-refractivity contribution in [2.75, 3.05) is 0 Å². The van der Waals surface area contributed by atoms with Crippen LogP contribution in [0, 0.1) is 0 Å². The van der Waals surface area contributed by atoms with E-state index in [4.69, 9.17) is 11.6 Å². The number of nitrogens with two attached hydrogens (primary N) is 2. The number of hydrogen-bond acceptors (Lipinski definition) is 4. The predicted octanol–water partition coefficient (Wildman–Crippen LogP) is 1.53. The van der Waals surface area contributed by atoms with Crippen LogP contribution in [0.15, 0.2) is 47.6 Å². The second kappa shape index (κ2) is 5.30. The molecule has 1 heterocycles. The van der Waals surface area contributed by atoms with Crippen molar-refractivity contribution in [1.82, 2.24) is 4.98 Å². The Bertz CT molecular complexity index is 649. The third kappa shape index (κ3) is 2.77. The molecule has 0 saturated carbocycles. The van der Waals surface area contributed by atoms with Gasteiger partial charge in [-0.15, -0.1) is 0 Å². The fourth-order valence-electron chi connectivity index (χ4n) is 1.70. The molecule has 5 heteroatoms. The monoisotopic (exact) mass is 254 g/mol. The highest BCUT2D eigenvalue weighted by molar-refractivity contribution is 5.96. The van der Waals surface area contributed by atoms with Gasteiger partial charge >= 0.3 is 0 Å². The summed E-state index contributed by atoms with van der Waals surface area (Å²) in [6.07, 6.45) is 0. The number of carbonyl (C=O) groups is 1. The summed E-state index contributed by atoms with van der Waals surface area (Å²) in [5.74, 6) is 5.32. The molecular formula is C14H14N4O. The van der Waals surface area contributed by atoms with Gasteiger partial charge in [-0.1, -0.05) is 24.3 Å². The second-order valence-electron chi connectivity index (χ2n) is 4.06. The van der Waals surface area contributed by atoms with E-state index in [1.165, 1.54) is 6.92 Å². The first-order chi connectivity index (χ1) is 9.11. The zero-order valence-electron chi connectivity index (χ0n) is 10.5. The Morgan fingerprint density at radius 3 is 2.63 bits per heavy atom. The lowest BCUT2D eigenvalue weighted by molar-refractivity contribution is 0.101. The van der Waals surface area contributed by atoms with Crippen LogP contribution in [0.1, 0.15) is 23.0 Å². The van der Waals surface area contributed by atoms with E-state index >= 15 is 0 Å². The van der Waals surface area contributed by atoms with Gasteiger partial charge in [0, 0.05) is 11.1 Å². The molecule has 0 aliphatic rings. The second-order valence-corrected chi connectivity index (χ2v) is 4.06. The van der Waals surface area contributed by atoms with Gasteiger partial charge < -0.3 is 11.6 Å². The molecule has 19 heavy (non-hydrogen) atoms. The summed E-state index contributed by atoms with van der Waals surface area (Å²) in [6, 6.07) is 12.7. The van der Waals surface area contributed by atoms with Gasteiger partial charge in [0.1, 0.15) is 5.69 Å². The number of amidine groups is 1. The van der Waals surface area contributed by atoms with E-state index in [1.54, 1.807) is 18.2 Å². The zero-order valence-corrected chi connectivity index (χ0v) is 10.5. The highest BCUT2D eigenvalue weighted by atomic mass is 16.1. The van der Waals surface area contributed by atoms with Crippen molar-refractivity contribution in [1.29, 1.82) is 0 Å². The average Bonchev–Trinajstić information content (AvgIpc) is 2.46. The number of carbonyl (C=O) groups excluding carboxylic acids is 1. The molecule has 0 bridgehead atoms. The number of rotatable bonds is 3. The summed E-state index contributed by atoms with van der Waals surface area (Å²) in [4.78, 5) is 15.7. The van der Waals surface area contributed by atoms with E-state index in [2.05, 4.69) is 10.1 Å². The Morgan fingerprint density at radius 2 is 1.95 bits per heavy atom. The van der Waals surface area contributed by atoms with Gasteiger partial charge in [-0.2, -0.15) is 5.10 Å². The van der Waals surface area contributed by atoms with Crippen molar-refractivity contribution in [3.05, 3.63) is 53.7 Å². The van der Waals surface area contributed by atoms with Gasteiger partial charge in [-0.25, -0.2) is 4.98 Å². The quantitative estimate of drug-likeness (QED) is 0.285. The molecule has 2 aromatic rings. The lowest BCUT2D eigenvalue weighted by Crippen LogP contribution is -2.17. The van der Waals surface area contributed by atoms with Crippen LogP contribution in [0.2, 0.25) is 0 Å². The highest BCUT2D eigenvalue weighted by Gasteiger charge is 2.06. The Morgan fingerprint density at radius 1 is 1.21 bits per heavy atom. The Hall–Kier alpha value is -2.69. The smallest absolute Gasteiger partial charge is 0.168 e. The number of hydrogen-bond donors (Lipinski definition) is 2. The molecule has 0 unspecified atom stereocenters. The minimum absolute atomic E-state index is 0.0149. The first-order valence-corrected chi connectivity index (χ1v) is 5.74. The predicted molar refractivity (Wildman–Crippen MR) is 74.6 cm³/mol.